The predicted molar refractivity (Wildman–Crippen MR) is 120 cm³/mol. The van der Waals surface area contributed by atoms with Crippen LogP contribution in [0.3, 0.4) is 0 Å². The monoisotopic (exact) mass is 468 g/mol. The Morgan fingerprint density at radius 2 is 1.47 bits per heavy atom. The molecule has 3 aromatic rings. The number of carbonyl (C=O) groups excluding carboxylic acids is 3. The number of rotatable bonds is 10. The first-order chi connectivity index (χ1) is 16.3. The van der Waals surface area contributed by atoms with Gasteiger partial charge in [0.25, 0.3) is 5.91 Å². The van der Waals surface area contributed by atoms with Crippen molar-refractivity contribution in [2.24, 2.45) is 5.73 Å². The molecule has 0 aliphatic heterocycles. The summed E-state index contributed by atoms with van der Waals surface area (Å²) in [6.07, 6.45) is -0.128. The van der Waals surface area contributed by atoms with E-state index in [-0.39, 0.29) is 36.7 Å². The maximum atomic E-state index is 13.3. The smallest absolute Gasteiger partial charge is 0.342 e. The molecule has 2 N–H and O–H groups in total. The summed E-state index contributed by atoms with van der Waals surface area (Å²) in [5.74, 6) is -2.67. The van der Waals surface area contributed by atoms with Crippen molar-refractivity contribution in [3.8, 4) is 5.75 Å². The molecule has 0 aliphatic carbocycles. The Labute approximate surface area is 194 Å². The van der Waals surface area contributed by atoms with Crippen molar-refractivity contribution in [2.45, 2.75) is 13.0 Å². The molecular weight excluding hydrogens is 446 g/mol. The molecule has 0 aromatic heterocycles. The van der Waals surface area contributed by atoms with E-state index in [1.807, 2.05) is 0 Å². The van der Waals surface area contributed by atoms with E-state index >= 15 is 0 Å². The van der Waals surface area contributed by atoms with Crippen LogP contribution in [-0.2, 0) is 20.9 Å². The van der Waals surface area contributed by atoms with Crippen molar-refractivity contribution >= 4 is 23.5 Å². The molecule has 3 aromatic carbocycles. The Hall–Kier alpha value is -4.27. The topological polar surface area (TPSA) is 98.9 Å². The lowest BCUT2D eigenvalue weighted by Crippen LogP contribution is -2.37. The molecule has 34 heavy (non-hydrogen) atoms. The number of halogens is 2. The van der Waals surface area contributed by atoms with Gasteiger partial charge in [0.15, 0.2) is 6.61 Å². The first-order valence-electron chi connectivity index (χ1n) is 10.3. The minimum atomic E-state index is -0.794. The maximum Gasteiger partial charge on any atom is 0.342 e. The summed E-state index contributed by atoms with van der Waals surface area (Å²) in [6, 6.07) is 17.1. The number of benzene rings is 3. The standard InChI is InChI=1S/C25H22F2N2O5/c26-18-7-5-17(6-8-18)15-33-22-4-2-1-3-21(22)25(32)34-16-24(31)29(14-13-23(28)30)20-11-9-19(27)10-12-20/h1-12H,13-16H2,(H2,28,30). The highest BCUT2D eigenvalue weighted by Gasteiger charge is 2.20. The molecule has 3 rings (SSSR count). The highest BCUT2D eigenvalue weighted by atomic mass is 19.1. The molecule has 2 amide bonds. The number of amides is 2. The minimum Gasteiger partial charge on any atom is -0.488 e. The minimum absolute atomic E-state index is 0.0608. The third-order valence-electron chi connectivity index (χ3n) is 4.76. The van der Waals surface area contributed by atoms with Gasteiger partial charge in [-0.15, -0.1) is 0 Å². The van der Waals surface area contributed by atoms with Gasteiger partial charge in [-0.3, -0.25) is 9.59 Å². The van der Waals surface area contributed by atoms with Crippen LogP contribution in [0.1, 0.15) is 22.3 Å². The Bertz CT molecular complexity index is 1150. The summed E-state index contributed by atoms with van der Waals surface area (Å²) >= 11 is 0. The van der Waals surface area contributed by atoms with Gasteiger partial charge in [0.05, 0.1) is 0 Å². The molecule has 0 bridgehead atoms. The van der Waals surface area contributed by atoms with E-state index in [1.165, 1.54) is 47.4 Å². The van der Waals surface area contributed by atoms with Crippen LogP contribution in [0.4, 0.5) is 14.5 Å². The van der Waals surface area contributed by atoms with Crippen molar-refractivity contribution in [1.29, 1.82) is 0 Å². The highest BCUT2D eigenvalue weighted by Crippen LogP contribution is 2.21. The fourth-order valence-corrected chi connectivity index (χ4v) is 3.03. The molecule has 7 nitrogen and oxygen atoms in total. The average Bonchev–Trinajstić information content (AvgIpc) is 2.83. The Balaban J connectivity index is 1.66. The van der Waals surface area contributed by atoms with Gasteiger partial charge in [-0.2, -0.15) is 0 Å². The maximum absolute atomic E-state index is 13.3. The van der Waals surface area contributed by atoms with Crippen molar-refractivity contribution in [1.82, 2.24) is 0 Å². The number of nitrogens with zero attached hydrogens (tertiary/aromatic N) is 1. The number of anilines is 1. The summed E-state index contributed by atoms with van der Waals surface area (Å²) in [5.41, 5.74) is 6.30. The number of primary amides is 1. The van der Waals surface area contributed by atoms with Gasteiger partial charge in [-0.05, 0) is 54.1 Å². The van der Waals surface area contributed by atoms with E-state index in [4.69, 9.17) is 15.2 Å². The number of ether oxygens (including phenoxy) is 2. The molecule has 0 aliphatic rings. The normalized spacial score (nSPS) is 10.4. The first-order valence-corrected chi connectivity index (χ1v) is 10.3. The predicted octanol–water partition coefficient (Wildman–Crippen LogP) is 3.61. The molecule has 0 heterocycles. The van der Waals surface area contributed by atoms with E-state index in [0.29, 0.717) is 11.3 Å². The fourth-order valence-electron chi connectivity index (χ4n) is 3.03. The molecule has 0 fully saturated rings. The lowest BCUT2D eigenvalue weighted by atomic mass is 10.2. The second-order valence-electron chi connectivity index (χ2n) is 7.23. The quantitative estimate of drug-likeness (QED) is 0.459. The zero-order valence-electron chi connectivity index (χ0n) is 18.1. The van der Waals surface area contributed by atoms with Crippen LogP contribution in [0.25, 0.3) is 0 Å². The lowest BCUT2D eigenvalue weighted by molar-refractivity contribution is -0.121. The third-order valence-corrected chi connectivity index (χ3v) is 4.76. The molecule has 0 saturated carbocycles. The van der Waals surface area contributed by atoms with Gasteiger partial charge in [0, 0.05) is 18.7 Å². The van der Waals surface area contributed by atoms with Gasteiger partial charge in [-0.1, -0.05) is 24.3 Å². The molecular formula is C25H22F2N2O5. The van der Waals surface area contributed by atoms with Crippen molar-refractivity contribution in [2.75, 3.05) is 18.1 Å². The van der Waals surface area contributed by atoms with Crippen molar-refractivity contribution < 1.29 is 32.6 Å². The van der Waals surface area contributed by atoms with E-state index < -0.39 is 30.2 Å². The van der Waals surface area contributed by atoms with Crippen LogP contribution in [0.2, 0.25) is 0 Å². The Kier molecular flexibility index (Phi) is 8.28. The van der Waals surface area contributed by atoms with Crippen molar-refractivity contribution in [3.05, 3.63) is 95.6 Å². The molecule has 0 radical (unpaired) electrons. The highest BCUT2D eigenvalue weighted by molar-refractivity contribution is 5.98. The molecule has 0 atom stereocenters. The number of nitrogens with two attached hydrogens (primary N) is 1. The number of para-hydroxylation sites is 1. The molecule has 9 heteroatoms. The number of esters is 1. The van der Waals surface area contributed by atoms with E-state index in [1.54, 1.807) is 30.3 Å². The van der Waals surface area contributed by atoms with Crippen LogP contribution in [0.15, 0.2) is 72.8 Å². The number of hydrogen-bond donors (Lipinski definition) is 1. The average molecular weight is 468 g/mol. The Morgan fingerprint density at radius 1 is 0.853 bits per heavy atom. The molecule has 176 valence electrons. The largest absolute Gasteiger partial charge is 0.488 e. The van der Waals surface area contributed by atoms with Crippen molar-refractivity contribution in [3.63, 3.8) is 0 Å². The van der Waals surface area contributed by atoms with E-state index in [0.717, 1.165) is 0 Å². The summed E-state index contributed by atoms with van der Waals surface area (Å²) in [5, 5.41) is 0. The summed E-state index contributed by atoms with van der Waals surface area (Å²) in [7, 11) is 0. The molecule has 0 spiro atoms. The zero-order chi connectivity index (χ0) is 24.5. The molecule has 0 saturated heterocycles. The van der Waals surface area contributed by atoms with Crippen LogP contribution >= 0.6 is 0 Å². The number of carbonyl (C=O) groups is 3. The fraction of sp³-hybridized carbons (Fsp3) is 0.160. The third kappa shape index (κ3) is 6.86. The lowest BCUT2D eigenvalue weighted by Gasteiger charge is -2.22. The summed E-state index contributed by atoms with van der Waals surface area (Å²) < 4.78 is 37.2. The van der Waals surface area contributed by atoms with Crippen LogP contribution in [0.5, 0.6) is 5.75 Å². The second-order valence-corrected chi connectivity index (χ2v) is 7.23. The van der Waals surface area contributed by atoms with Crippen LogP contribution < -0.4 is 15.4 Å². The summed E-state index contributed by atoms with van der Waals surface area (Å²) in [4.78, 5) is 37.8. The van der Waals surface area contributed by atoms with Gasteiger partial charge >= 0.3 is 5.97 Å². The van der Waals surface area contributed by atoms with Gasteiger partial charge < -0.3 is 20.1 Å². The van der Waals surface area contributed by atoms with Gasteiger partial charge in [-0.25, -0.2) is 13.6 Å². The van der Waals surface area contributed by atoms with Gasteiger partial charge in [0.2, 0.25) is 5.91 Å². The Morgan fingerprint density at radius 3 is 2.12 bits per heavy atom. The SMILES string of the molecule is NC(=O)CCN(C(=O)COC(=O)c1ccccc1OCc1ccc(F)cc1)c1ccc(F)cc1. The van der Waals surface area contributed by atoms with Gasteiger partial charge in [0.1, 0.15) is 29.6 Å². The van der Waals surface area contributed by atoms with E-state index in [9.17, 15) is 23.2 Å². The summed E-state index contributed by atoms with van der Waals surface area (Å²) in [6.45, 7) is -0.592. The van der Waals surface area contributed by atoms with E-state index in [2.05, 4.69) is 0 Å². The van der Waals surface area contributed by atoms with Crippen LogP contribution in [-0.4, -0.2) is 30.9 Å². The second kappa shape index (κ2) is 11.6. The molecule has 0 unspecified atom stereocenters. The number of hydrogen-bond acceptors (Lipinski definition) is 5. The first kappa shape index (κ1) is 24.4. The van der Waals surface area contributed by atoms with Crippen LogP contribution in [0, 0.1) is 11.6 Å². The zero-order valence-corrected chi connectivity index (χ0v) is 18.1.